The fraction of sp³-hybridized carbons (Fsp3) is 0.0400. The van der Waals surface area contributed by atoms with Gasteiger partial charge in [0.05, 0.1) is 11.0 Å². The second-order valence-electron chi connectivity index (χ2n) is 6.74. The van der Waals surface area contributed by atoms with Crippen LogP contribution in [0.2, 0.25) is 0 Å². The normalized spacial score (nSPS) is 11.3. The van der Waals surface area contributed by atoms with Crippen LogP contribution < -0.4 is 0 Å². The molecule has 5 aromatic rings. The molecule has 4 aromatic carbocycles. The van der Waals surface area contributed by atoms with Crippen LogP contribution >= 0.6 is 0 Å². The molecule has 0 unspecified atom stereocenters. The van der Waals surface area contributed by atoms with Gasteiger partial charge >= 0.3 is 0 Å². The molecule has 1 heterocycles. The van der Waals surface area contributed by atoms with Gasteiger partial charge in [-0.1, -0.05) is 78.9 Å². The second-order valence-corrected chi connectivity index (χ2v) is 6.74. The summed E-state index contributed by atoms with van der Waals surface area (Å²) >= 11 is 0. The van der Waals surface area contributed by atoms with Crippen molar-refractivity contribution < 1.29 is 0 Å². The number of aryl methyl sites for hydroxylation is 1. The summed E-state index contributed by atoms with van der Waals surface area (Å²) in [5.41, 5.74) is 7.53. The van der Waals surface area contributed by atoms with Crippen molar-refractivity contribution in [2.45, 2.75) is 6.92 Å². The molecule has 0 aliphatic rings. The van der Waals surface area contributed by atoms with E-state index in [1.807, 2.05) is 0 Å². The third-order valence-corrected chi connectivity index (χ3v) is 5.11. The highest BCUT2D eigenvalue weighted by Crippen LogP contribution is 2.36. The van der Waals surface area contributed by atoms with Crippen LogP contribution in [0.4, 0.5) is 0 Å². The lowest BCUT2D eigenvalue weighted by molar-refractivity contribution is 1.17. The van der Waals surface area contributed by atoms with Gasteiger partial charge in [0.15, 0.2) is 0 Å². The molecular formula is C25H19N. The van der Waals surface area contributed by atoms with E-state index in [-0.39, 0.29) is 0 Å². The average Bonchev–Trinajstić information content (AvgIpc) is 3.04. The largest absolute Gasteiger partial charge is 0.309 e. The van der Waals surface area contributed by atoms with Crippen LogP contribution in [-0.4, -0.2) is 4.57 Å². The standard InChI is InChI=1S/C25H19N/c1-18-9-8-14-23-22-16-15-20(19-10-4-2-5-11-19)17-24(22)26(25(18)23)21-12-6-3-7-13-21/h2-17H,1H3. The minimum atomic E-state index is 1.20. The van der Waals surface area contributed by atoms with Gasteiger partial charge in [-0.2, -0.15) is 0 Å². The first-order chi connectivity index (χ1) is 12.8. The third-order valence-electron chi connectivity index (χ3n) is 5.11. The molecule has 0 saturated heterocycles. The topological polar surface area (TPSA) is 4.93 Å². The first kappa shape index (κ1) is 15.0. The van der Waals surface area contributed by atoms with E-state index in [0.717, 1.165) is 0 Å². The zero-order valence-electron chi connectivity index (χ0n) is 14.7. The second kappa shape index (κ2) is 5.89. The lowest BCUT2D eigenvalue weighted by Crippen LogP contribution is -1.94. The van der Waals surface area contributed by atoms with E-state index >= 15 is 0 Å². The lowest BCUT2D eigenvalue weighted by Gasteiger charge is -2.10. The first-order valence-corrected chi connectivity index (χ1v) is 8.97. The zero-order valence-corrected chi connectivity index (χ0v) is 14.7. The van der Waals surface area contributed by atoms with Gasteiger partial charge in [-0.15, -0.1) is 0 Å². The van der Waals surface area contributed by atoms with E-state index in [2.05, 4.69) is 109 Å². The number of benzene rings is 4. The molecule has 1 nitrogen and oxygen atoms in total. The Labute approximate surface area is 153 Å². The molecule has 0 aliphatic carbocycles. The molecule has 0 radical (unpaired) electrons. The minimum Gasteiger partial charge on any atom is -0.309 e. The van der Waals surface area contributed by atoms with Crippen LogP contribution in [0.5, 0.6) is 0 Å². The molecule has 0 bridgehead atoms. The van der Waals surface area contributed by atoms with Gasteiger partial charge in [-0.05, 0) is 41.8 Å². The molecule has 5 rings (SSSR count). The zero-order chi connectivity index (χ0) is 17.5. The minimum absolute atomic E-state index is 1.20. The quantitative estimate of drug-likeness (QED) is 0.336. The SMILES string of the molecule is Cc1cccc2c3ccc(-c4ccccc4)cc3n(-c3ccccc3)c12. The van der Waals surface area contributed by atoms with Crippen molar-refractivity contribution in [1.29, 1.82) is 0 Å². The number of hydrogen-bond acceptors (Lipinski definition) is 0. The summed E-state index contributed by atoms with van der Waals surface area (Å²) in [6.45, 7) is 2.19. The van der Waals surface area contributed by atoms with Crippen LogP contribution in [0.3, 0.4) is 0 Å². The van der Waals surface area contributed by atoms with Crippen molar-refractivity contribution in [3.8, 4) is 16.8 Å². The van der Waals surface area contributed by atoms with Gasteiger partial charge in [0, 0.05) is 16.5 Å². The van der Waals surface area contributed by atoms with Gasteiger partial charge in [-0.25, -0.2) is 0 Å². The summed E-state index contributed by atoms with van der Waals surface area (Å²) in [7, 11) is 0. The number of para-hydroxylation sites is 2. The Balaban J connectivity index is 1.91. The first-order valence-electron chi connectivity index (χ1n) is 8.97. The summed E-state index contributed by atoms with van der Waals surface area (Å²) in [5.74, 6) is 0. The average molecular weight is 333 g/mol. The number of rotatable bonds is 2. The summed E-state index contributed by atoms with van der Waals surface area (Å²) in [4.78, 5) is 0. The van der Waals surface area contributed by atoms with E-state index < -0.39 is 0 Å². The van der Waals surface area contributed by atoms with E-state index in [9.17, 15) is 0 Å². The summed E-state index contributed by atoms with van der Waals surface area (Å²) in [5, 5.41) is 2.61. The molecule has 0 amide bonds. The van der Waals surface area contributed by atoms with Gasteiger partial charge < -0.3 is 4.57 Å². The van der Waals surface area contributed by atoms with Crippen LogP contribution in [0.25, 0.3) is 38.6 Å². The Kier molecular flexibility index (Phi) is 3.39. The number of hydrogen-bond donors (Lipinski definition) is 0. The fourth-order valence-corrected chi connectivity index (χ4v) is 3.89. The highest BCUT2D eigenvalue weighted by Gasteiger charge is 2.14. The highest BCUT2D eigenvalue weighted by molar-refractivity contribution is 6.11. The lowest BCUT2D eigenvalue weighted by atomic mass is 10.0. The Morgan fingerprint density at radius 3 is 2.08 bits per heavy atom. The summed E-state index contributed by atoms with van der Waals surface area (Å²) in [6.07, 6.45) is 0. The maximum absolute atomic E-state index is 2.40. The molecule has 0 saturated carbocycles. The van der Waals surface area contributed by atoms with Crippen molar-refractivity contribution in [3.05, 3.63) is 103 Å². The molecule has 0 atom stereocenters. The summed E-state index contributed by atoms with van der Waals surface area (Å²) in [6, 6.07) is 34.6. The van der Waals surface area contributed by atoms with Crippen LogP contribution in [-0.2, 0) is 0 Å². The maximum Gasteiger partial charge on any atom is 0.0570 e. The van der Waals surface area contributed by atoms with Gasteiger partial charge in [0.2, 0.25) is 0 Å². The van der Waals surface area contributed by atoms with Crippen molar-refractivity contribution in [1.82, 2.24) is 4.57 Å². The molecule has 0 fully saturated rings. The van der Waals surface area contributed by atoms with Crippen molar-refractivity contribution in [3.63, 3.8) is 0 Å². The Morgan fingerprint density at radius 1 is 0.577 bits per heavy atom. The number of fused-ring (bicyclic) bond motifs is 3. The molecule has 0 N–H and O–H groups in total. The number of nitrogens with zero attached hydrogens (tertiary/aromatic N) is 1. The molecule has 1 heteroatoms. The van der Waals surface area contributed by atoms with Crippen LogP contribution in [0.15, 0.2) is 97.1 Å². The van der Waals surface area contributed by atoms with Crippen molar-refractivity contribution in [2.24, 2.45) is 0 Å². The number of aromatic nitrogens is 1. The Bertz CT molecular complexity index is 1210. The third kappa shape index (κ3) is 2.25. The molecule has 26 heavy (non-hydrogen) atoms. The highest BCUT2D eigenvalue weighted by atomic mass is 15.0. The molecule has 1 aromatic heterocycles. The fourth-order valence-electron chi connectivity index (χ4n) is 3.89. The predicted molar refractivity (Wildman–Crippen MR) is 111 cm³/mol. The van der Waals surface area contributed by atoms with E-state index in [1.165, 1.54) is 44.2 Å². The van der Waals surface area contributed by atoms with E-state index in [0.29, 0.717) is 0 Å². The molecule has 0 spiro atoms. The maximum atomic E-state index is 2.40. The van der Waals surface area contributed by atoms with Crippen LogP contribution in [0.1, 0.15) is 5.56 Å². The Hall–Kier alpha value is -3.32. The smallest absolute Gasteiger partial charge is 0.0570 e. The van der Waals surface area contributed by atoms with Crippen molar-refractivity contribution in [2.75, 3.05) is 0 Å². The molecule has 0 aliphatic heterocycles. The Morgan fingerprint density at radius 2 is 1.31 bits per heavy atom. The van der Waals surface area contributed by atoms with Crippen molar-refractivity contribution >= 4 is 21.8 Å². The monoisotopic (exact) mass is 333 g/mol. The van der Waals surface area contributed by atoms with Gasteiger partial charge in [0.25, 0.3) is 0 Å². The van der Waals surface area contributed by atoms with Gasteiger partial charge in [0.1, 0.15) is 0 Å². The molecule has 124 valence electrons. The van der Waals surface area contributed by atoms with E-state index in [4.69, 9.17) is 0 Å². The van der Waals surface area contributed by atoms with Gasteiger partial charge in [-0.3, -0.25) is 0 Å². The van der Waals surface area contributed by atoms with E-state index in [1.54, 1.807) is 0 Å². The van der Waals surface area contributed by atoms with Crippen LogP contribution in [0, 0.1) is 6.92 Å². The predicted octanol–water partition coefficient (Wildman–Crippen LogP) is 6.76. The molecular weight excluding hydrogens is 314 g/mol. The summed E-state index contributed by atoms with van der Waals surface area (Å²) < 4.78 is 2.40.